The lowest BCUT2D eigenvalue weighted by molar-refractivity contribution is -0.191. The quantitative estimate of drug-likeness (QED) is 0.752. The van der Waals surface area contributed by atoms with E-state index in [1.54, 1.807) is 0 Å². The molecule has 2 aromatic heterocycles. The average Bonchev–Trinajstić information content (AvgIpc) is 3.48. The molecule has 2 aliphatic heterocycles. The van der Waals surface area contributed by atoms with E-state index >= 15 is 0 Å². The van der Waals surface area contributed by atoms with Crippen LogP contribution in [-0.2, 0) is 20.7 Å². The summed E-state index contributed by atoms with van der Waals surface area (Å²) in [6.07, 6.45) is 8.01. The van der Waals surface area contributed by atoms with Gasteiger partial charge in [-0.1, -0.05) is 6.92 Å². The molecule has 2 aliphatic carbocycles. The highest BCUT2D eigenvalue weighted by atomic mass is 19.1. The Hall–Kier alpha value is -2.41. The first-order chi connectivity index (χ1) is 14.9. The van der Waals surface area contributed by atoms with Crippen molar-refractivity contribution in [2.45, 2.75) is 63.0 Å². The number of hydrogen-bond acceptors (Lipinski definition) is 7. The third kappa shape index (κ3) is 4.76. The molecule has 0 amide bonds. The van der Waals surface area contributed by atoms with Crippen molar-refractivity contribution < 1.29 is 23.5 Å². The van der Waals surface area contributed by atoms with Gasteiger partial charge in [0.2, 0.25) is 5.88 Å². The standard InChI is InChI=1S/C22H28FN3O2.CO2/c1-14-10-15(14)12-27-19-3-2-18-20(26-19)16(17(23)11-25-18)4-5-22-8-6-21(24,7-9-22)13-28-22;2-1-3/h2-3,11,14-15H,4-10,12-13,24H2,1H3;/t14-,15-,21?,22?;/m1./s1. The van der Waals surface area contributed by atoms with Crippen LogP contribution in [0.15, 0.2) is 18.3 Å². The Labute approximate surface area is 180 Å². The van der Waals surface area contributed by atoms with Crippen LogP contribution in [0.4, 0.5) is 4.39 Å². The molecule has 7 nitrogen and oxygen atoms in total. The molecule has 0 unspecified atom stereocenters. The van der Waals surface area contributed by atoms with E-state index in [4.69, 9.17) is 24.8 Å². The van der Waals surface area contributed by atoms with Crippen LogP contribution in [0.3, 0.4) is 0 Å². The van der Waals surface area contributed by atoms with E-state index in [2.05, 4.69) is 16.9 Å². The zero-order valence-corrected chi connectivity index (χ0v) is 17.7. The Kier molecular flexibility index (Phi) is 6.06. The van der Waals surface area contributed by atoms with E-state index in [1.165, 1.54) is 12.6 Å². The minimum Gasteiger partial charge on any atom is -0.477 e. The Morgan fingerprint density at radius 1 is 1.29 bits per heavy atom. The molecule has 2 aromatic rings. The van der Waals surface area contributed by atoms with Crippen molar-refractivity contribution in [3.05, 3.63) is 29.7 Å². The topological polar surface area (TPSA) is 104 Å². The van der Waals surface area contributed by atoms with Crippen molar-refractivity contribution in [1.29, 1.82) is 0 Å². The molecule has 2 N–H and O–H groups in total. The maximum absolute atomic E-state index is 14.7. The summed E-state index contributed by atoms with van der Waals surface area (Å²) >= 11 is 0. The fourth-order valence-electron chi connectivity index (χ4n) is 4.68. The highest BCUT2D eigenvalue weighted by molar-refractivity contribution is 5.78. The lowest BCUT2D eigenvalue weighted by Crippen LogP contribution is -2.59. The largest absolute Gasteiger partial charge is 0.477 e. The van der Waals surface area contributed by atoms with E-state index in [-0.39, 0.29) is 23.1 Å². The summed E-state index contributed by atoms with van der Waals surface area (Å²) in [4.78, 5) is 25.1. The molecule has 8 heteroatoms. The predicted molar refractivity (Wildman–Crippen MR) is 110 cm³/mol. The fraction of sp³-hybridized carbons (Fsp3) is 0.609. The monoisotopic (exact) mass is 429 g/mol. The number of halogens is 1. The number of fused-ring (bicyclic) bond motifs is 4. The summed E-state index contributed by atoms with van der Waals surface area (Å²) in [5, 5.41) is 0. The molecule has 166 valence electrons. The molecule has 2 saturated carbocycles. The molecule has 4 heterocycles. The molecule has 4 fully saturated rings. The van der Waals surface area contributed by atoms with Crippen molar-refractivity contribution in [2.24, 2.45) is 17.6 Å². The third-order valence-electron chi connectivity index (χ3n) is 7.11. The van der Waals surface area contributed by atoms with E-state index in [0.29, 0.717) is 48.0 Å². The number of nitrogens with two attached hydrogens (primary N) is 1. The van der Waals surface area contributed by atoms with Crippen LogP contribution in [0.5, 0.6) is 5.88 Å². The van der Waals surface area contributed by atoms with Crippen LogP contribution in [0.2, 0.25) is 0 Å². The third-order valence-corrected chi connectivity index (χ3v) is 7.11. The van der Waals surface area contributed by atoms with Gasteiger partial charge in [0, 0.05) is 17.2 Å². The highest BCUT2D eigenvalue weighted by Crippen LogP contribution is 2.45. The van der Waals surface area contributed by atoms with Gasteiger partial charge in [-0.3, -0.25) is 4.98 Å². The van der Waals surface area contributed by atoms with Crippen molar-refractivity contribution in [3.8, 4) is 5.88 Å². The highest BCUT2D eigenvalue weighted by Gasteiger charge is 2.47. The van der Waals surface area contributed by atoms with Crippen molar-refractivity contribution in [2.75, 3.05) is 13.2 Å². The number of aromatic nitrogens is 2. The Morgan fingerprint density at radius 2 is 2.00 bits per heavy atom. The number of pyridine rings is 2. The van der Waals surface area contributed by atoms with Crippen LogP contribution in [0.1, 0.15) is 51.0 Å². The van der Waals surface area contributed by atoms with Gasteiger partial charge in [-0.25, -0.2) is 9.37 Å². The Bertz CT molecular complexity index is 968. The van der Waals surface area contributed by atoms with Gasteiger partial charge in [0.1, 0.15) is 5.82 Å². The fourth-order valence-corrected chi connectivity index (χ4v) is 4.68. The first-order valence-electron chi connectivity index (χ1n) is 10.9. The number of rotatable bonds is 6. The van der Waals surface area contributed by atoms with Gasteiger partial charge in [-0.15, -0.1) is 0 Å². The van der Waals surface area contributed by atoms with Crippen molar-refractivity contribution in [3.63, 3.8) is 0 Å². The molecule has 31 heavy (non-hydrogen) atoms. The van der Waals surface area contributed by atoms with Crippen molar-refractivity contribution >= 4 is 17.2 Å². The molecule has 0 radical (unpaired) electrons. The maximum Gasteiger partial charge on any atom is 0.373 e. The second-order valence-electron chi connectivity index (χ2n) is 9.30. The molecule has 2 saturated heterocycles. The summed E-state index contributed by atoms with van der Waals surface area (Å²) in [7, 11) is 0. The molecule has 2 bridgehead atoms. The second kappa shape index (κ2) is 8.61. The van der Waals surface area contributed by atoms with Crippen LogP contribution in [0, 0.1) is 17.7 Å². The van der Waals surface area contributed by atoms with Crippen molar-refractivity contribution in [1.82, 2.24) is 9.97 Å². The minimum absolute atomic E-state index is 0.150. The summed E-state index contributed by atoms with van der Waals surface area (Å²) in [6.45, 7) is 3.52. The predicted octanol–water partition coefficient (Wildman–Crippen LogP) is 3.19. The van der Waals surface area contributed by atoms with Gasteiger partial charge >= 0.3 is 6.15 Å². The molecule has 2 atom stereocenters. The van der Waals surface area contributed by atoms with Crippen LogP contribution < -0.4 is 10.5 Å². The summed E-state index contributed by atoms with van der Waals surface area (Å²) in [5.41, 5.74) is 7.93. The normalized spacial score (nSPS) is 30.9. The molecule has 0 aromatic carbocycles. The van der Waals surface area contributed by atoms with Gasteiger partial charge in [-0.2, -0.15) is 9.59 Å². The maximum atomic E-state index is 14.7. The summed E-state index contributed by atoms with van der Waals surface area (Å²) < 4.78 is 26.7. The Balaban J connectivity index is 0.000000730. The Morgan fingerprint density at radius 3 is 2.61 bits per heavy atom. The summed E-state index contributed by atoms with van der Waals surface area (Å²) in [6, 6.07) is 3.70. The van der Waals surface area contributed by atoms with Gasteiger partial charge in [-0.05, 0) is 62.8 Å². The SMILES string of the molecule is C[C@@H]1C[C@@H]1COc1ccc2ncc(F)c(CCC34CCC(N)(CC3)CO4)c2n1.O=C=O. The molecular weight excluding hydrogens is 401 g/mol. The van der Waals surface area contributed by atoms with E-state index in [0.717, 1.165) is 38.0 Å². The molecule has 6 rings (SSSR count). The van der Waals surface area contributed by atoms with Gasteiger partial charge in [0.15, 0.2) is 0 Å². The van der Waals surface area contributed by atoms with Gasteiger partial charge in [0.25, 0.3) is 0 Å². The first kappa shape index (κ1) is 21.8. The van der Waals surface area contributed by atoms with E-state index in [9.17, 15) is 4.39 Å². The van der Waals surface area contributed by atoms with Crippen LogP contribution in [0.25, 0.3) is 11.0 Å². The number of hydrogen-bond donors (Lipinski definition) is 1. The number of nitrogens with zero attached hydrogens (tertiary/aromatic N) is 2. The van der Waals surface area contributed by atoms with E-state index in [1.807, 2.05) is 12.1 Å². The zero-order chi connectivity index (χ0) is 22.1. The summed E-state index contributed by atoms with van der Waals surface area (Å²) in [5.74, 6) is 1.60. The lowest BCUT2D eigenvalue weighted by atomic mass is 9.70. The van der Waals surface area contributed by atoms with Crippen LogP contribution >= 0.6 is 0 Å². The van der Waals surface area contributed by atoms with Gasteiger partial charge < -0.3 is 15.2 Å². The van der Waals surface area contributed by atoms with E-state index < -0.39 is 0 Å². The lowest BCUT2D eigenvalue weighted by Gasteiger charge is -2.51. The van der Waals surface area contributed by atoms with Crippen LogP contribution in [-0.4, -0.2) is 40.5 Å². The molecular formula is C23H28FN3O4. The minimum atomic E-state index is -0.302. The molecule has 4 aliphatic rings. The zero-order valence-electron chi connectivity index (χ0n) is 17.7. The smallest absolute Gasteiger partial charge is 0.373 e. The number of ether oxygens (including phenoxy) is 2. The first-order valence-corrected chi connectivity index (χ1v) is 10.9. The average molecular weight is 429 g/mol. The molecule has 0 spiro atoms. The number of aryl methyl sites for hydroxylation is 1. The second-order valence-corrected chi connectivity index (χ2v) is 9.30. The number of carbonyl (C=O) groups excluding carboxylic acids is 2. The van der Waals surface area contributed by atoms with Gasteiger partial charge in [0.05, 0.1) is 36.0 Å².